The van der Waals surface area contributed by atoms with Crippen LogP contribution in [0.15, 0.2) is 24.3 Å². The van der Waals surface area contributed by atoms with Crippen molar-refractivity contribution in [3.8, 4) is 0 Å². The van der Waals surface area contributed by atoms with Gasteiger partial charge in [-0.1, -0.05) is 0 Å². The molecule has 1 aromatic rings. The molecule has 1 aromatic carbocycles. The number of nitrogens with one attached hydrogen (secondary N) is 2. The number of nitrogens with zero attached hydrogens (tertiary/aromatic N) is 2. The highest BCUT2D eigenvalue weighted by molar-refractivity contribution is 5.89. The number of anilines is 1. The molecule has 2 N–H and O–H groups in total. The van der Waals surface area contributed by atoms with E-state index in [9.17, 15) is 14.9 Å². The van der Waals surface area contributed by atoms with Crippen molar-refractivity contribution in [2.24, 2.45) is 5.92 Å². The molecule has 20 heavy (non-hydrogen) atoms. The number of nitro groups is 1. The van der Waals surface area contributed by atoms with Gasteiger partial charge < -0.3 is 15.5 Å². The van der Waals surface area contributed by atoms with E-state index in [2.05, 4.69) is 10.6 Å². The number of carbonyl (C=O) groups excluding carboxylic acids is 1. The van der Waals surface area contributed by atoms with Gasteiger partial charge in [0, 0.05) is 43.5 Å². The zero-order valence-electron chi connectivity index (χ0n) is 10.9. The number of amides is 2. The molecular weight excluding hydrogens is 260 g/mol. The molecular formula is C13H16N4O3. The first kappa shape index (κ1) is 12.9. The molecule has 2 amide bonds. The molecule has 0 spiro atoms. The number of non-ortho nitro benzene ring substituents is 1. The molecule has 0 radical (unpaired) electrons. The minimum absolute atomic E-state index is 0.0178. The summed E-state index contributed by atoms with van der Waals surface area (Å²) >= 11 is 0. The van der Waals surface area contributed by atoms with Crippen molar-refractivity contribution in [1.29, 1.82) is 0 Å². The fourth-order valence-corrected chi connectivity index (χ4v) is 2.96. The average molecular weight is 276 g/mol. The van der Waals surface area contributed by atoms with E-state index in [4.69, 9.17) is 0 Å². The Kier molecular flexibility index (Phi) is 3.27. The van der Waals surface area contributed by atoms with Gasteiger partial charge in [-0.05, 0) is 24.5 Å². The predicted molar refractivity (Wildman–Crippen MR) is 73.6 cm³/mol. The normalized spacial score (nSPS) is 24.5. The maximum Gasteiger partial charge on any atom is 0.322 e. The molecule has 2 saturated heterocycles. The van der Waals surface area contributed by atoms with Crippen LogP contribution in [0.3, 0.4) is 0 Å². The second kappa shape index (κ2) is 5.09. The number of rotatable bonds is 2. The number of fused-ring (bicyclic) bond motifs is 1. The van der Waals surface area contributed by atoms with E-state index in [1.54, 1.807) is 12.1 Å². The molecule has 0 saturated carbocycles. The summed E-state index contributed by atoms with van der Waals surface area (Å²) in [6.45, 7) is 2.60. The molecule has 106 valence electrons. The zero-order chi connectivity index (χ0) is 14.1. The minimum Gasteiger partial charge on any atom is -0.320 e. The van der Waals surface area contributed by atoms with Crippen LogP contribution in [0, 0.1) is 16.0 Å². The molecule has 0 unspecified atom stereocenters. The predicted octanol–water partition coefficient (Wildman–Crippen LogP) is 1.42. The van der Waals surface area contributed by atoms with Gasteiger partial charge in [0.2, 0.25) is 0 Å². The standard InChI is InChI=1S/C13H16N4O3/c18-13(16-6-5-9-7-14-8-12(9)16)15-10-1-3-11(4-2-10)17(19)20/h1-4,9,12,14H,5-8H2,(H,15,18)/t9-,12+/m0/s1. The number of urea groups is 1. The topological polar surface area (TPSA) is 87.5 Å². The van der Waals surface area contributed by atoms with Crippen molar-refractivity contribution in [2.75, 3.05) is 25.0 Å². The van der Waals surface area contributed by atoms with Gasteiger partial charge in [0.25, 0.3) is 5.69 Å². The summed E-state index contributed by atoms with van der Waals surface area (Å²) in [6.07, 6.45) is 1.03. The van der Waals surface area contributed by atoms with Crippen LogP contribution in [-0.4, -0.2) is 41.5 Å². The zero-order valence-corrected chi connectivity index (χ0v) is 10.9. The molecule has 2 atom stereocenters. The molecule has 0 aromatic heterocycles. The van der Waals surface area contributed by atoms with Crippen molar-refractivity contribution in [1.82, 2.24) is 10.2 Å². The van der Waals surface area contributed by atoms with Crippen molar-refractivity contribution >= 4 is 17.4 Å². The third-order valence-corrected chi connectivity index (χ3v) is 4.04. The first-order valence-corrected chi connectivity index (χ1v) is 6.68. The second-order valence-corrected chi connectivity index (χ2v) is 5.20. The molecule has 0 bridgehead atoms. The lowest BCUT2D eigenvalue weighted by Gasteiger charge is -2.23. The van der Waals surface area contributed by atoms with E-state index in [0.717, 1.165) is 26.1 Å². The Morgan fingerprint density at radius 3 is 2.80 bits per heavy atom. The monoisotopic (exact) mass is 276 g/mol. The fraction of sp³-hybridized carbons (Fsp3) is 0.462. The number of nitro benzene ring substituents is 1. The van der Waals surface area contributed by atoms with Gasteiger partial charge in [-0.3, -0.25) is 10.1 Å². The van der Waals surface area contributed by atoms with Crippen molar-refractivity contribution in [2.45, 2.75) is 12.5 Å². The van der Waals surface area contributed by atoms with E-state index in [1.165, 1.54) is 12.1 Å². The summed E-state index contributed by atoms with van der Waals surface area (Å²) in [4.78, 5) is 24.2. The summed E-state index contributed by atoms with van der Waals surface area (Å²) in [7, 11) is 0. The van der Waals surface area contributed by atoms with E-state index >= 15 is 0 Å². The number of benzene rings is 1. The van der Waals surface area contributed by atoms with E-state index < -0.39 is 4.92 Å². The van der Waals surface area contributed by atoms with Crippen molar-refractivity contribution in [3.63, 3.8) is 0 Å². The van der Waals surface area contributed by atoms with Gasteiger partial charge in [0.05, 0.1) is 4.92 Å². The third-order valence-electron chi connectivity index (χ3n) is 4.04. The molecule has 2 heterocycles. The summed E-state index contributed by atoms with van der Waals surface area (Å²) in [6, 6.07) is 6.02. The maximum atomic E-state index is 12.2. The lowest BCUT2D eigenvalue weighted by Crippen LogP contribution is -2.41. The highest BCUT2D eigenvalue weighted by atomic mass is 16.6. The van der Waals surface area contributed by atoms with Crippen LogP contribution in [0.1, 0.15) is 6.42 Å². The van der Waals surface area contributed by atoms with Gasteiger partial charge in [-0.25, -0.2) is 4.79 Å². The SMILES string of the molecule is O=C(Nc1ccc([N+](=O)[O-])cc1)N1CC[C@H]2CNC[C@H]21. The summed E-state index contributed by atoms with van der Waals surface area (Å²) < 4.78 is 0. The quantitative estimate of drug-likeness (QED) is 0.631. The molecule has 2 aliphatic heterocycles. The summed E-state index contributed by atoms with van der Waals surface area (Å²) in [5, 5.41) is 16.7. The largest absolute Gasteiger partial charge is 0.322 e. The Bertz CT molecular complexity index is 531. The van der Waals surface area contributed by atoms with Crippen molar-refractivity contribution in [3.05, 3.63) is 34.4 Å². The number of likely N-dealkylation sites (tertiary alicyclic amines) is 1. The van der Waals surface area contributed by atoms with Crippen LogP contribution in [0.4, 0.5) is 16.2 Å². The lowest BCUT2D eigenvalue weighted by atomic mass is 10.1. The Labute approximate surface area is 116 Å². The van der Waals surface area contributed by atoms with Crippen LogP contribution in [0.5, 0.6) is 0 Å². The average Bonchev–Trinajstić information content (AvgIpc) is 3.01. The molecule has 0 aliphatic carbocycles. The van der Waals surface area contributed by atoms with Crippen LogP contribution in [-0.2, 0) is 0 Å². The number of carbonyl (C=O) groups is 1. The first-order valence-electron chi connectivity index (χ1n) is 6.68. The lowest BCUT2D eigenvalue weighted by molar-refractivity contribution is -0.384. The van der Waals surface area contributed by atoms with Gasteiger partial charge >= 0.3 is 6.03 Å². The second-order valence-electron chi connectivity index (χ2n) is 5.20. The number of hydrogen-bond acceptors (Lipinski definition) is 4. The molecule has 7 nitrogen and oxygen atoms in total. The van der Waals surface area contributed by atoms with Crippen LogP contribution < -0.4 is 10.6 Å². The fourth-order valence-electron chi connectivity index (χ4n) is 2.96. The Hall–Kier alpha value is -2.15. The molecule has 7 heteroatoms. The molecule has 2 fully saturated rings. The van der Waals surface area contributed by atoms with Crippen molar-refractivity contribution < 1.29 is 9.72 Å². The van der Waals surface area contributed by atoms with Crippen LogP contribution in [0.2, 0.25) is 0 Å². The van der Waals surface area contributed by atoms with Gasteiger partial charge in [0.15, 0.2) is 0 Å². The summed E-state index contributed by atoms with van der Waals surface area (Å²) in [5.74, 6) is 0.553. The minimum atomic E-state index is -0.457. The Morgan fingerprint density at radius 2 is 2.10 bits per heavy atom. The smallest absolute Gasteiger partial charge is 0.320 e. The van der Waals surface area contributed by atoms with E-state index in [0.29, 0.717) is 11.6 Å². The van der Waals surface area contributed by atoms with Crippen LogP contribution >= 0.6 is 0 Å². The first-order chi connectivity index (χ1) is 9.65. The molecule has 2 aliphatic rings. The summed E-state index contributed by atoms with van der Waals surface area (Å²) in [5.41, 5.74) is 0.597. The maximum absolute atomic E-state index is 12.2. The van der Waals surface area contributed by atoms with Crippen LogP contribution in [0.25, 0.3) is 0 Å². The van der Waals surface area contributed by atoms with E-state index in [1.807, 2.05) is 4.90 Å². The third kappa shape index (κ3) is 2.32. The molecule has 3 rings (SSSR count). The Morgan fingerprint density at radius 1 is 1.35 bits per heavy atom. The van der Waals surface area contributed by atoms with E-state index in [-0.39, 0.29) is 17.8 Å². The Balaban J connectivity index is 1.65. The van der Waals surface area contributed by atoms with Gasteiger partial charge in [-0.15, -0.1) is 0 Å². The van der Waals surface area contributed by atoms with Gasteiger partial charge in [-0.2, -0.15) is 0 Å². The highest BCUT2D eigenvalue weighted by Gasteiger charge is 2.39. The highest BCUT2D eigenvalue weighted by Crippen LogP contribution is 2.27. The number of hydrogen-bond donors (Lipinski definition) is 2. The van der Waals surface area contributed by atoms with Gasteiger partial charge in [0.1, 0.15) is 0 Å².